The van der Waals surface area contributed by atoms with Gasteiger partial charge in [0.2, 0.25) is 5.76 Å². The minimum atomic E-state index is -4.64. The van der Waals surface area contributed by atoms with Crippen molar-refractivity contribution in [2.45, 2.75) is 25.1 Å². The molecule has 8 heteroatoms. The van der Waals surface area contributed by atoms with Crippen molar-refractivity contribution >= 4 is 26.5 Å². The zero-order chi connectivity index (χ0) is 24.3. The van der Waals surface area contributed by atoms with Crippen LogP contribution in [-0.2, 0) is 4.84 Å². The fourth-order valence-electron chi connectivity index (χ4n) is 3.73. The van der Waals surface area contributed by atoms with Gasteiger partial charge in [-0.05, 0) is 53.0 Å². The summed E-state index contributed by atoms with van der Waals surface area (Å²) in [4.78, 5) is 9.03. The zero-order valence-electron chi connectivity index (χ0n) is 18.0. The lowest BCUT2D eigenvalue weighted by molar-refractivity contribution is -0.129. The second kappa shape index (κ2) is 9.90. The number of hydrogen-bond donors (Lipinski definition) is 0. The molecule has 3 aromatic rings. The number of allylic oxidation sites excluding steroid dienone is 1. The van der Waals surface area contributed by atoms with Gasteiger partial charge < -0.3 is 4.84 Å². The van der Waals surface area contributed by atoms with Gasteiger partial charge in [-0.25, -0.2) is 4.39 Å². The fraction of sp³-hybridized carbons (Fsp3) is 0.154. The molecule has 0 fully saturated rings. The summed E-state index contributed by atoms with van der Waals surface area (Å²) in [5, 5.41) is 4.13. The summed E-state index contributed by atoms with van der Waals surface area (Å²) >= 11 is 0. The lowest BCUT2D eigenvalue weighted by Crippen LogP contribution is -2.11. The summed E-state index contributed by atoms with van der Waals surface area (Å²) in [5.74, 6) is -1.63. The topological polar surface area (TPSA) is 34.0 Å². The molecule has 34 heavy (non-hydrogen) atoms. The van der Waals surface area contributed by atoms with Gasteiger partial charge in [0.1, 0.15) is 5.82 Å². The highest BCUT2D eigenvalue weighted by Crippen LogP contribution is 2.33. The van der Waals surface area contributed by atoms with E-state index in [0.29, 0.717) is 11.1 Å². The van der Waals surface area contributed by atoms with Crippen LogP contribution in [-0.4, -0.2) is 18.1 Å². The highest BCUT2D eigenvalue weighted by molar-refractivity contribution is 7.27. The number of alkyl halides is 3. The third-order valence-electron chi connectivity index (χ3n) is 5.52. The molecule has 3 aromatic carbocycles. The van der Waals surface area contributed by atoms with E-state index in [9.17, 15) is 17.6 Å². The summed E-state index contributed by atoms with van der Waals surface area (Å²) in [7, 11) is 2.57. The quantitative estimate of drug-likeness (QED) is 0.125. The number of rotatable bonds is 6. The second-order valence-electron chi connectivity index (χ2n) is 7.83. The first kappa shape index (κ1) is 23.8. The van der Waals surface area contributed by atoms with Crippen molar-refractivity contribution < 1.29 is 22.4 Å². The molecule has 4 rings (SSSR count). The highest BCUT2D eigenvalue weighted by Gasteiger charge is 2.34. The molecular weight excluding hydrogens is 463 g/mol. The molecule has 0 amide bonds. The lowest BCUT2D eigenvalue weighted by atomic mass is 9.99. The van der Waals surface area contributed by atoms with Crippen LogP contribution in [0.25, 0.3) is 11.1 Å². The second-order valence-corrected chi connectivity index (χ2v) is 8.45. The molecule has 0 saturated carbocycles. The van der Waals surface area contributed by atoms with Gasteiger partial charge in [-0.2, -0.15) is 13.2 Å². The normalized spacial score (nSPS) is 16.0. The monoisotopic (exact) mass is 484 g/mol. The van der Waals surface area contributed by atoms with E-state index >= 15 is 0 Å². The van der Waals surface area contributed by atoms with Crippen LogP contribution in [0.1, 0.15) is 35.6 Å². The number of halogens is 4. The van der Waals surface area contributed by atoms with E-state index in [1.165, 1.54) is 12.3 Å². The predicted molar refractivity (Wildman–Crippen MR) is 130 cm³/mol. The van der Waals surface area contributed by atoms with Crippen LogP contribution in [0.5, 0.6) is 0 Å². The first-order valence-corrected chi connectivity index (χ1v) is 11.1. The Morgan fingerprint density at radius 1 is 1.03 bits per heavy atom. The molecule has 3 nitrogen and oxygen atoms in total. The van der Waals surface area contributed by atoms with Crippen LogP contribution in [0.15, 0.2) is 89.2 Å². The standard InChI is InChI=1S/C26H21F4N2OP/c1-16(26(28,29)30)33-31-15-17-5-7-18(8-6-17)19-9-11-20(12-10-19)22-13-14-23(32-22)25-21(27)3-2-4-24(25)34/h2-12,15,22H,1,13-14,34H2/b31-15+/t22-/m1/s1. The van der Waals surface area contributed by atoms with Gasteiger partial charge in [0, 0.05) is 11.3 Å². The van der Waals surface area contributed by atoms with E-state index in [1.807, 2.05) is 42.5 Å². The van der Waals surface area contributed by atoms with Gasteiger partial charge in [0.25, 0.3) is 0 Å². The first-order valence-electron chi connectivity index (χ1n) is 10.5. The smallest absolute Gasteiger partial charge is 0.352 e. The van der Waals surface area contributed by atoms with Gasteiger partial charge in [0.05, 0.1) is 12.3 Å². The summed E-state index contributed by atoms with van der Waals surface area (Å²) in [6.07, 6.45) is -1.91. The van der Waals surface area contributed by atoms with Gasteiger partial charge in [-0.15, -0.1) is 9.24 Å². The van der Waals surface area contributed by atoms with Crippen molar-refractivity contribution in [1.29, 1.82) is 0 Å². The number of aliphatic imine (C=N–C) groups is 1. The molecule has 1 aliphatic rings. The van der Waals surface area contributed by atoms with Crippen molar-refractivity contribution in [3.63, 3.8) is 0 Å². The maximum absolute atomic E-state index is 14.3. The molecule has 0 aliphatic carbocycles. The Balaban J connectivity index is 1.43. The van der Waals surface area contributed by atoms with Crippen molar-refractivity contribution in [3.05, 3.63) is 102 Å². The average Bonchev–Trinajstić information content (AvgIpc) is 3.29. The van der Waals surface area contributed by atoms with E-state index in [4.69, 9.17) is 4.99 Å². The highest BCUT2D eigenvalue weighted by atomic mass is 31.0. The molecule has 0 bridgehead atoms. The SMILES string of the molecule is C=C(O/N=C/c1ccc(-c2ccc([C@H]3CCC(c4c(F)cccc4P)=N3)cc2)cc1)C(F)(F)F. The largest absolute Gasteiger partial charge is 0.451 e. The molecular formula is C26H21F4N2OP. The van der Waals surface area contributed by atoms with E-state index in [2.05, 4.69) is 25.8 Å². The molecule has 0 saturated heterocycles. The van der Waals surface area contributed by atoms with Crippen LogP contribution in [0.2, 0.25) is 0 Å². The number of benzene rings is 3. The Morgan fingerprint density at radius 2 is 1.68 bits per heavy atom. The van der Waals surface area contributed by atoms with Crippen LogP contribution in [0.4, 0.5) is 17.6 Å². The Kier molecular flexibility index (Phi) is 6.94. The molecule has 0 radical (unpaired) electrons. The minimum absolute atomic E-state index is 0.0157. The lowest BCUT2D eigenvalue weighted by Gasteiger charge is -2.09. The van der Waals surface area contributed by atoms with Crippen molar-refractivity contribution in [2.24, 2.45) is 10.1 Å². The van der Waals surface area contributed by atoms with Crippen molar-refractivity contribution in [3.8, 4) is 11.1 Å². The first-order chi connectivity index (χ1) is 16.2. The molecule has 1 unspecified atom stereocenters. The summed E-state index contributed by atoms with van der Waals surface area (Å²) in [5.41, 5.74) is 4.94. The molecule has 2 atom stereocenters. The van der Waals surface area contributed by atoms with Crippen molar-refractivity contribution in [1.82, 2.24) is 0 Å². The summed E-state index contributed by atoms with van der Waals surface area (Å²) in [6, 6.07) is 20.2. The number of nitrogens with zero attached hydrogens (tertiary/aromatic N) is 2. The van der Waals surface area contributed by atoms with Gasteiger partial charge >= 0.3 is 6.18 Å². The number of hydrogen-bond acceptors (Lipinski definition) is 3. The van der Waals surface area contributed by atoms with Crippen LogP contribution >= 0.6 is 9.24 Å². The van der Waals surface area contributed by atoms with Crippen LogP contribution in [0, 0.1) is 5.82 Å². The third-order valence-corrected chi connectivity index (χ3v) is 6.00. The Hall–Kier alpha value is -3.31. The average molecular weight is 484 g/mol. The summed E-state index contributed by atoms with van der Waals surface area (Å²) in [6.45, 7) is 2.79. The maximum atomic E-state index is 14.3. The Bertz CT molecular complexity index is 1230. The van der Waals surface area contributed by atoms with Crippen molar-refractivity contribution in [2.75, 3.05) is 0 Å². The maximum Gasteiger partial charge on any atom is 0.451 e. The van der Waals surface area contributed by atoms with Crippen LogP contribution in [0.3, 0.4) is 0 Å². The van der Waals surface area contributed by atoms with E-state index in [-0.39, 0.29) is 11.9 Å². The van der Waals surface area contributed by atoms with Crippen LogP contribution < -0.4 is 5.30 Å². The Morgan fingerprint density at radius 3 is 2.29 bits per heavy atom. The van der Waals surface area contributed by atoms with E-state index < -0.39 is 11.9 Å². The van der Waals surface area contributed by atoms with E-state index in [1.54, 1.807) is 18.2 Å². The van der Waals surface area contributed by atoms with Gasteiger partial charge in [-0.1, -0.05) is 65.8 Å². The molecule has 0 aromatic heterocycles. The summed E-state index contributed by atoms with van der Waals surface area (Å²) < 4.78 is 51.3. The number of oxime groups is 1. The predicted octanol–water partition coefficient (Wildman–Crippen LogP) is 6.74. The van der Waals surface area contributed by atoms with Gasteiger partial charge in [-0.3, -0.25) is 4.99 Å². The minimum Gasteiger partial charge on any atom is -0.352 e. The van der Waals surface area contributed by atoms with E-state index in [0.717, 1.165) is 40.5 Å². The molecule has 1 aliphatic heterocycles. The van der Waals surface area contributed by atoms with Gasteiger partial charge in [0.15, 0.2) is 0 Å². The Labute approximate surface area is 197 Å². The third kappa shape index (κ3) is 5.42. The molecule has 0 N–H and O–H groups in total. The zero-order valence-corrected chi connectivity index (χ0v) is 19.2. The molecule has 1 heterocycles. The molecule has 0 spiro atoms. The molecule has 174 valence electrons. The fourth-order valence-corrected chi connectivity index (χ4v) is 4.14.